The van der Waals surface area contributed by atoms with Gasteiger partial charge in [0, 0.05) is 11.5 Å². The second kappa shape index (κ2) is 9.22. The van der Waals surface area contributed by atoms with E-state index >= 15 is 0 Å². The molecule has 4 rings (SSSR count). The number of carbonyl (C=O) groups is 1. The molecule has 5 heteroatoms. The lowest BCUT2D eigenvalue weighted by Gasteiger charge is -2.50. The van der Waals surface area contributed by atoms with E-state index in [1.165, 1.54) is 17.7 Å². The molecule has 4 nitrogen and oxygen atoms in total. The van der Waals surface area contributed by atoms with Crippen LogP contribution in [0.5, 0.6) is 5.75 Å². The Morgan fingerprint density at radius 3 is 2.53 bits per heavy atom. The molecule has 0 radical (unpaired) electrons. The van der Waals surface area contributed by atoms with Gasteiger partial charge in [-0.15, -0.1) is 0 Å². The maximum absolute atomic E-state index is 13.2. The van der Waals surface area contributed by atoms with Crippen molar-refractivity contribution in [2.45, 2.75) is 77.1 Å². The average Bonchev–Trinajstić information content (AvgIpc) is 2.76. The molecular weight excluding hydrogens is 407 g/mol. The summed E-state index contributed by atoms with van der Waals surface area (Å²) in [6, 6.07) is 12.7. The number of benzene rings is 2. The first-order valence-corrected chi connectivity index (χ1v) is 11.7. The van der Waals surface area contributed by atoms with E-state index in [2.05, 4.69) is 19.1 Å². The Kier molecular flexibility index (Phi) is 6.57. The minimum Gasteiger partial charge on any atom is -0.487 e. The van der Waals surface area contributed by atoms with Crippen LogP contribution in [0.15, 0.2) is 42.5 Å². The van der Waals surface area contributed by atoms with Crippen molar-refractivity contribution in [2.75, 3.05) is 0 Å². The molecule has 2 aromatic rings. The number of aryl methyl sites for hydroxylation is 2. The Labute approximate surface area is 189 Å². The summed E-state index contributed by atoms with van der Waals surface area (Å²) >= 11 is 0. The molecule has 2 heterocycles. The molecule has 2 aromatic carbocycles. The molecular formula is C27H33FO4. The number of rotatable bonds is 7. The molecule has 0 aliphatic carbocycles. The summed E-state index contributed by atoms with van der Waals surface area (Å²) < 4.78 is 26.2. The van der Waals surface area contributed by atoms with Crippen LogP contribution >= 0.6 is 0 Å². The number of hydrogen-bond acceptors (Lipinski definition) is 3. The standard InChI is InChI=1S/C27H33FO4/c1-4-5-6-18-10-14-24-20(15-18)25-22(27(2,3)32-24)16-21(26(29)30)23(31-25)13-9-17-7-11-19(28)12-8-17/h7-8,10-12,14-15,21-23,25H,4-6,9,13,16H2,1-3H3,(H,29,30)/t21-,22-,23-,25+/m0/s1. The van der Waals surface area contributed by atoms with Crippen molar-refractivity contribution in [3.05, 3.63) is 65.0 Å². The zero-order valence-corrected chi connectivity index (χ0v) is 19.1. The van der Waals surface area contributed by atoms with Crippen molar-refractivity contribution in [1.82, 2.24) is 0 Å². The maximum Gasteiger partial charge on any atom is 0.309 e. The second-order valence-corrected chi connectivity index (χ2v) is 9.73. The minimum atomic E-state index is -0.828. The van der Waals surface area contributed by atoms with Gasteiger partial charge in [0.05, 0.1) is 18.1 Å². The van der Waals surface area contributed by atoms with Gasteiger partial charge in [-0.05, 0) is 81.3 Å². The van der Waals surface area contributed by atoms with Crippen LogP contribution in [0.25, 0.3) is 0 Å². The number of fused-ring (bicyclic) bond motifs is 3. The normalized spacial score (nSPS) is 26.0. The lowest BCUT2D eigenvalue weighted by atomic mass is 9.71. The van der Waals surface area contributed by atoms with Gasteiger partial charge in [-0.25, -0.2) is 4.39 Å². The van der Waals surface area contributed by atoms with Crippen LogP contribution in [0.4, 0.5) is 4.39 Å². The number of aliphatic carboxylic acids is 1. The van der Waals surface area contributed by atoms with E-state index < -0.39 is 23.6 Å². The highest BCUT2D eigenvalue weighted by Gasteiger charge is 2.51. The summed E-state index contributed by atoms with van der Waals surface area (Å²) in [4.78, 5) is 12.2. The fourth-order valence-electron chi connectivity index (χ4n) is 5.16. The van der Waals surface area contributed by atoms with Crippen LogP contribution < -0.4 is 4.74 Å². The number of hydrogen-bond donors (Lipinski definition) is 1. The number of carboxylic acids is 1. The molecule has 0 saturated carbocycles. The van der Waals surface area contributed by atoms with Crippen LogP contribution in [-0.4, -0.2) is 22.8 Å². The highest BCUT2D eigenvalue weighted by atomic mass is 19.1. The molecule has 172 valence electrons. The van der Waals surface area contributed by atoms with Gasteiger partial charge in [0.2, 0.25) is 0 Å². The van der Waals surface area contributed by atoms with Gasteiger partial charge < -0.3 is 14.6 Å². The lowest BCUT2D eigenvalue weighted by Crippen LogP contribution is -2.52. The molecule has 0 amide bonds. The van der Waals surface area contributed by atoms with Gasteiger partial charge in [0.15, 0.2) is 0 Å². The summed E-state index contributed by atoms with van der Waals surface area (Å²) in [7, 11) is 0. The van der Waals surface area contributed by atoms with Gasteiger partial charge in [-0.2, -0.15) is 0 Å². The third kappa shape index (κ3) is 4.68. The summed E-state index contributed by atoms with van der Waals surface area (Å²) in [5, 5.41) is 9.97. The monoisotopic (exact) mass is 440 g/mol. The van der Waals surface area contributed by atoms with E-state index in [-0.39, 0.29) is 17.8 Å². The number of halogens is 1. The zero-order valence-electron chi connectivity index (χ0n) is 19.1. The summed E-state index contributed by atoms with van der Waals surface area (Å²) in [5.41, 5.74) is 2.77. The molecule has 1 saturated heterocycles. The van der Waals surface area contributed by atoms with Gasteiger partial charge in [0.1, 0.15) is 17.2 Å². The van der Waals surface area contributed by atoms with E-state index in [4.69, 9.17) is 9.47 Å². The summed E-state index contributed by atoms with van der Waals surface area (Å²) in [5.74, 6) is -0.897. The quantitative estimate of drug-likeness (QED) is 0.564. The second-order valence-electron chi connectivity index (χ2n) is 9.73. The average molecular weight is 441 g/mol. The first-order valence-electron chi connectivity index (χ1n) is 11.7. The molecule has 0 aromatic heterocycles. The predicted molar refractivity (Wildman–Crippen MR) is 121 cm³/mol. The van der Waals surface area contributed by atoms with E-state index in [1.54, 1.807) is 12.1 Å². The molecule has 0 unspecified atom stereocenters. The Morgan fingerprint density at radius 2 is 1.84 bits per heavy atom. The Balaban J connectivity index is 1.61. The van der Waals surface area contributed by atoms with Crippen molar-refractivity contribution in [2.24, 2.45) is 11.8 Å². The number of carboxylic acid groups (broad SMARTS) is 1. The first-order chi connectivity index (χ1) is 15.3. The van der Waals surface area contributed by atoms with Crippen LogP contribution in [0.1, 0.15) is 69.2 Å². The highest BCUT2D eigenvalue weighted by Crippen LogP contribution is 2.52. The van der Waals surface area contributed by atoms with E-state index in [1.807, 2.05) is 19.9 Å². The largest absolute Gasteiger partial charge is 0.487 e. The fourth-order valence-corrected chi connectivity index (χ4v) is 5.16. The van der Waals surface area contributed by atoms with Crippen molar-refractivity contribution < 1.29 is 23.8 Å². The molecule has 2 aliphatic heterocycles. The van der Waals surface area contributed by atoms with Crippen molar-refractivity contribution >= 4 is 5.97 Å². The van der Waals surface area contributed by atoms with Crippen LogP contribution in [0.3, 0.4) is 0 Å². The third-order valence-electron chi connectivity index (χ3n) is 7.06. The SMILES string of the molecule is CCCCc1ccc2c(c1)[C@H]1O[C@@H](CCc3ccc(F)cc3)[C@@H](C(=O)O)C[C@@H]1C(C)(C)O2. The first kappa shape index (κ1) is 22.8. The third-order valence-corrected chi connectivity index (χ3v) is 7.06. The molecule has 2 aliphatic rings. The van der Waals surface area contributed by atoms with Gasteiger partial charge in [-0.1, -0.05) is 31.5 Å². The molecule has 1 fully saturated rings. The number of unbranched alkanes of at least 4 members (excludes halogenated alkanes) is 1. The van der Waals surface area contributed by atoms with Crippen LogP contribution in [0, 0.1) is 17.7 Å². The highest BCUT2D eigenvalue weighted by molar-refractivity contribution is 5.71. The fraction of sp³-hybridized carbons (Fsp3) is 0.519. The van der Waals surface area contributed by atoms with Crippen LogP contribution in [-0.2, 0) is 22.4 Å². The van der Waals surface area contributed by atoms with E-state index in [9.17, 15) is 14.3 Å². The molecule has 4 atom stereocenters. The van der Waals surface area contributed by atoms with Crippen LogP contribution in [0.2, 0.25) is 0 Å². The smallest absolute Gasteiger partial charge is 0.309 e. The van der Waals surface area contributed by atoms with Crippen molar-refractivity contribution in [1.29, 1.82) is 0 Å². The van der Waals surface area contributed by atoms with Gasteiger partial charge in [0.25, 0.3) is 0 Å². The Morgan fingerprint density at radius 1 is 1.12 bits per heavy atom. The van der Waals surface area contributed by atoms with Gasteiger partial charge >= 0.3 is 5.97 Å². The lowest BCUT2D eigenvalue weighted by molar-refractivity contribution is -0.188. The zero-order chi connectivity index (χ0) is 22.9. The maximum atomic E-state index is 13.2. The molecule has 0 bridgehead atoms. The Hall–Kier alpha value is -2.40. The Bertz CT molecular complexity index is 953. The number of ether oxygens (including phenoxy) is 2. The molecule has 0 spiro atoms. The van der Waals surface area contributed by atoms with E-state index in [0.29, 0.717) is 19.3 Å². The molecule has 32 heavy (non-hydrogen) atoms. The van der Waals surface area contributed by atoms with Crippen molar-refractivity contribution in [3.63, 3.8) is 0 Å². The topological polar surface area (TPSA) is 55.8 Å². The summed E-state index contributed by atoms with van der Waals surface area (Å²) in [6.45, 7) is 6.24. The summed E-state index contributed by atoms with van der Waals surface area (Å²) in [6.07, 6.45) is 4.42. The van der Waals surface area contributed by atoms with Gasteiger partial charge in [-0.3, -0.25) is 4.79 Å². The van der Waals surface area contributed by atoms with E-state index in [0.717, 1.165) is 36.1 Å². The van der Waals surface area contributed by atoms with Crippen molar-refractivity contribution in [3.8, 4) is 5.75 Å². The minimum absolute atomic E-state index is 0.0420. The predicted octanol–water partition coefficient (Wildman–Crippen LogP) is 6.12. The molecule has 1 N–H and O–H groups in total.